The van der Waals surface area contributed by atoms with Gasteiger partial charge < -0.3 is 5.11 Å². The molecular weight excluding hydrogens is 246 g/mol. The van der Waals surface area contributed by atoms with Crippen LogP contribution in [0, 0.1) is 0 Å². The van der Waals surface area contributed by atoms with E-state index in [1.165, 1.54) is 11.0 Å². The maximum absolute atomic E-state index is 10.7. The molecule has 0 radical (unpaired) electrons. The van der Waals surface area contributed by atoms with Crippen LogP contribution in [-0.2, 0) is 0 Å². The predicted molar refractivity (Wildman–Crippen MR) is 73.0 cm³/mol. The molecule has 0 fully saturated rings. The maximum atomic E-state index is 10.7. The molecule has 18 heavy (non-hydrogen) atoms. The van der Waals surface area contributed by atoms with E-state index >= 15 is 0 Å². The van der Waals surface area contributed by atoms with Gasteiger partial charge in [0.25, 0.3) is 0 Å². The molecule has 2 aromatic rings. The molecule has 0 unspecified atom stereocenters. The fourth-order valence-corrected chi connectivity index (χ4v) is 2.26. The number of hydrogen-bond donors (Lipinski definition) is 1. The highest BCUT2D eigenvalue weighted by Gasteiger charge is 2.04. The third-order valence-electron chi connectivity index (χ3n) is 2.48. The lowest BCUT2D eigenvalue weighted by Gasteiger charge is -2.03. The van der Waals surface area contributed by atoms with Crippen LogP contribution >= 0.6 is 11.8 Å². The lowest BCUT2D eigenvalue weighted by Crippen LogP contribution is -1.99. The van der Waals surface area contributed by atoms with Crippen LogP contribution < -0.4 is 0 Å². The minimum atomic E-state index is -1.00. The topological polar surface area (TPSA) is 50.2 Å². The van der Waals surface area contributed by atoms with Gasteiger partial charge in [0.05, 0.1) is 0 Å². The molecule has 0 amide bonds. The van der Waals surface area contributed by atoms with Gasteiger partial charge >= 0.3 is 5.97 Å². The molecule has 1 N–H and O–H groups in total. The van der Waals surface area contributed by atoms with Gasteiger partial charge in [0, 0.05) is 16.7 Å². The van der Waals surface area contributed by atoms with Gasteiger partial charge in [0.2, 0.25) is 0 Å². The fourth-order valence-electron chi connectivity index (χ4n) is 1.60. The second-order valence-corrected chi connectivity index (χ2v) is 5.03. The molecule has 3 nitrogen and oxygen atoms in total. The molecular formula is C14H13NO2S. The Morgan fingerprint density at radius 2 is 1.83 bits per heavy atom. The average molecular weight is 259 g/mol. The number of carboxylic acids is 1. The summed E-state index contributed by atoms with van der Waals surface area (Å²) in [5, 5.41) is 8.78. The van der Waals surface area contributed by atoms with Crippen molar-refractivity contribution in [2.45, 2.75) is 11.8 Å². The van der Waals surface area contributed by atoms with E-state index in [-0.39, 0.29) is 5.69 Å². The second kappa shape index (κ2) is 5.69. The van der Waals surface area contributed by atoms with Crippen LogP contribution in [-0.4, -0.2) is 21.8 Å². The predicted octanol–water partition coefficient (Wildman–Crippen LogP) is 3.56. The maximum Gasteiger partial charge on any atom is 0.354 e. The highest BCUT2D eigenvalue weighted by atomic mass is 32.2. The first-order chi connectivity index (χ1) is 8.70. The van der Waals surface area contributed by atoms with Crippen molar-refractivity contribution in [3.05, 3.63) is 48.3 Å². The molecule has 0 saturated carbocycles. The van der Waals surface area contributed by atoms with Gasteiger partial charge in [0.15, 0.2) is 0 Å². The Balaban J connectivity index is 2.23. The molecule has 0 spiro atoms. The Morgan fingerprint density at radius 3 is 2.33 bits per heavy atom. The summed E-state index contributed by atoms with van der Waals surface area (Å²) < 4.78 is 0. The molecule has 0 atom stereocenters. The van der Waals surface area contributed by atoms with E-state index in [0.717, 1.165) is 16.9 Å². The molecule has 2 rings (SSSR count). The van der Waals surface area contributed by atoms with Crippen LogP contribution in [0.3, 0.4) is 0 Å². The number of benzene rings is 1. The number of rotatable bonds is 4. The molecule has 4 heteroatoms. The fraction of sp³-hybridized carbons (Fsp3) is 0.143. The first-order valence-corrected chi connectivity index (χ1v) is 6.62. The highest BCUT2D eigenvalue weighted by Crippen LogP contribution is 2.23. The van der Waals surface area contributed by atoms with Crippen LogP contribution in [0.1, 0.15) is 17.4 Å². The number of aromatic carboxylic acids is 1. The molecule has 0 saturated heterocycles. The minimum absolute atomic E-state index is 0.0666. The van der Waals surface area contributed by atoms with Crippen molar-refractivity contribution < 1.29 is 9.90 Å². The average Bonchev–Trinajstić information content (AvgIpc) is 2.40. The first-order valence-electron chi connectivity index (χ1n) is 5.63. The molecule has 0 aliphatic carbocycles. The summed E-state index contributed by atoms with van der Waals surface area (Å²) in [6.07, 6.45) is 1.59. The zero-order chi connectivity index (χ0) is 13.0. The SMILES string of the molecule is CCSc1ccc(-c2ccc(C(=O)O)nc2)cc1. The summed E-state index contributed by atoms with van der Waals surface area (Å²) in [6.45, 7) is 2.12. The number of carboxylic acid groups (broad SMARTS) is 1. The van der Waals surface area contributed by atoms with Gasteiger partial charge in [-0.05, 0) is 29.5 Å². The molecule has 1 heterocycles. The van der Waals surface area contributed by atoms with E-state index in [1.54, 1.807) is 24.0 Å². The van der Waals surface area contributed by atoms with Crippen LogP contribution in [0.15, 0.2) is 47.5 Å². The van der Waals surface area contributed by atoms with E-state index in [9.17, 15) is 4.79 Å². The Kier molecular flexibility index (Phi) is 3.99. The minimum Gasteiger partial charge on any atom is -0.477 e. The zero-order valence-electron chi connectivity index (χ0n) is 9.96. The number of thioether (sulfide) groups is 1. The normalized spacial score (nSPS) is 10.3. The molecule has 0 aliphatic heterocycles. The van der Waals surface area contributed by atoms with Crippen molar-refractivity contribution in [1.82, 2.24) is 4.98 Å². The number of aromatic nitrogens is 1. The summed E-state index contributed by atoms with van der Waals surface area (Å²) >= 11 is 1.79. The Labute approximate surface area is 110 Å². The lowest BCUT2D eigenvalue weighted by molar-refractivity contribution is 0.0690. The van der Waals surface area contributed by atoms with Gasteiger partial charge in [-0.2, -0.15) is 0 Å². The Morgan fingerprint density at radius 1 is 1.17 bits per heavy atom. The van der Waals surface area contributed by atoms with Crippen molar-refractivity contribution in [1.29, 1.82) is 0 Å². The first kappa shape index (κ1) is 12.6. The molecule has 92 valence electrons. The van der Waals surface area contributed by atoms with Gasteiger partial charge in [-0.3, -0.25) is 0 Å². The standard InChI is InChI=1S/C14H13NO2S/c1-2-18-12-6-3-10(4-7-12)11-5-8-13(14(16)17)15-9-11/h3-9H,2H2,1H3,(H,16,17). The summed E-state index contributed by atoms with van der Waals surface area (Å²) in [5.74, 6) is 0.0463. The summed E-state index contributed by atoms with van der Waals surface area (Å²) in [6, 6.07) is 11.5. The third kappa shape index (κ3) is 2.90. The molecule has 0 aliphatic rings. The van der Waals surface area contributed by atoms with E-state index < -0.39 is 5.97 Å². The van der Waals surface area contributed by atoms with Crippen molar-refractivity contribution in [3.8, 4) is 11.1 Å². The lowest BCUT2D eigenvalue weighted by atomic mass is 10.1. The Hall–Kier alpha value is -1.81. The van der Waals surface area contributed by atoms with Crippen LogP contribution in [0.5, 0.6) is 0 Å². The van der Waals surface area contributed by atoms with Gasteiger partial charge in [-0.15, -0.1) is 11.8 Å². The van der Waals surface area contributed by atoms with Crippen molar-refractivity contribution in [2.75, 3.05) is 5.75 Å². The van der Waals surface area contributed by atoms with E-state index in [1.807, 2.05) is 12.1 Å². The van der Waals surface area contributed by atoms with Gasteiger partial charge in [-0.25, -0.2) is 9.78 Å². The number of pyridine rings is 1. The van der Waals surface area contributed by atoms with E-state index in [4.69, 9.17) is 5.11 Å². The smallest absolute Gasteiger partial charge is 0.354 e. The largest absolute Gasteiger partial charge is 0.477 e. The Bertz CT molecular complexity index is 535. The zero-order valence-corrected chi connectivity index (χ0v) is 10.8. The van der Waals surface area contributed by atoms with E-state index in [2.05, 4.69) is 24.0 Å². The number of nitrogens with zero attached hydrogens (tertiary/aromatic N) is 1. The molecule has 1 aromatic heterocycles. The van der Waals surface area contributed by atoms with Crippen LogP contribution in [0.2, 0.25) is 0 Å². The summed E-state index contributed by atoms with van der Waals surface area (Å²) in [4.78, 5) is 15.8. The quantitative estimate of drug-likeness (QED) is 0.853. The van der Waals surface area contributed by atoms with Gasteiger partial charge in [0.1, 0.15) is 5.69 Å². The molecule has 1 aromatic carbocycles. The van der Waals surface area contributed by atoms with E-state index in [0.29, 0.717) is 0 Å². The highest BCUT2D eigenvalue weighted by molar-refractivity contribution is 7.99. The number of hydrogen-bond acceptors (Lipinski definition) is 3. The van der Waals surface area contributed by atoms with Crippen LogP contribution in [0.4, 0.5) is 0 Å². The second-order valence-electron chi connectivity index (χ2n) is 3.69. The van der Waals surface area contributed by atoms with Crippen molar-refractivity contribution >= 4 is 17.7 Å². The van der Waals surface area contributed by atoms with Crippen molar-refractivity contribution in [2.24, 2.45) is 0 Å². The van der Waals surface area contributed by atoms with Crippen molar-refractivity contribution in [3.63, 3.8) is 0 Å². The summed E-state index contributed by atoms with van der Waals surface area (Å²) in [7, 11) is 0. The molecule has 0 bridgehead atoms. The summed E-state index contributed by atoms with van der Waals surface area (Å²) in [5.41, 5.74) is 2.03. The monoisotopic (exact) mass is 259 g/mol. The van der Waals surface area contributed by atoms with Gasteiger partial charge in [-0.1, -0.05) is 25.1 Å². The van der Waals surface area contributed by atoms with Crippen LogP contribution in [0.25, 0.3) is 11.1 Å². The third-order valence-corrected chi connectivity index (χ3v) is 3.38. The number of carbonyl (C=O) groups is 1.